The van der Waals surface area contributed by atoms with E-state index in [4.69, 9.17) is 0 Å². The summed E-state index contributed by atoms with van der Waals surface area (Å²) in [5, 5.41) is 3.25. The zero-order valence-corrected chi connectivity index (χ0v) is 16.3. The van der Waals surface area contributed by atoms with Crippen LogP contribution in [0.25, 0.3) is 0 Å². The van der Waals surface area contributed by atoms with Gasteiger partial charge in [0.05, 0.1) is 16.8 Å². The van der Waals surface area contributed by atoms with Gasteiger partial charge in [-0.15, -0.1) is 0 Å². The van der Waals surface area contributed by atoms with E-state index in [9.17, 15) is 8.42 Å². The number of hydrogen-bond donors (Lipinski definition) is 2. The van der Waals surface area contributed by atoms with Gasteiger partial charge in [-0.05, 0) is 41.2 Å². The average molecular weight is 362 g/mol. The molecule has 2 rings (SSSR count). The molecule has 0 bridgehead atoms. The van der Waals surface area contributed by atoms with Crippen molar-refractivity contribution < 1.29 is 8.42 Å². The first-order valence-electron chi connectivity index (χ1n) is 8.41. The zero-order chi connectivity index (χ0) is 18.7. The SMILES string of the molecule is CC(C)CNc1ccc(NS(=O)(=O)c2ccc(C(C)(C)C)cc2)nc1. The molecule has 25 heavy (non-hydrogen) atoms. The van der Waals surface area contributed by atoms with Crippen LogP contribution in [0.4, 0.5) is 11.5 Å². The summed E-state index contributed by atoms with van der Waals surface area (Å²) < 4.78 is 27.5. The lowest BCUT2D eigenvalue weighted by Gasteiger charge is -2.19. The highest BCUT2D eigenvalue weighted by atomic mass is 32.2. The number of pyridine rings is 1. The summed E-state index contributed by atoms with van der Waals surface area (Å²) in [4.78, 5) is 4.40. The number of sulfonamides is 1. The minimum absolute atomic E-state index is 0.0178. The fraction of sp³-hybridized carbons (Fsp3) is 0.421. The van der Waals surface area contributed by atoms with Gasteiger partial charge in [-0.2, -0.15) is 0 Å². The standard InChI is InChI=1S/C19H27N3O2S/c1-14(2)12-20-16-8-11-18(21-13-16)22-25(23,24)17-9-6-15(7-10-17)19(3,4)5/h6-11,13-14,20H,12H2,1-5H3,(H,21,22). The molecule has 0 saturated carbocycles. The number of nitrogens with zero attached hydrogens (tertiary/aromatic N) is 1. The van der Waals surface area contributed by atoms with Gasteiger partial charge < -0.3 is 5.32 Å². The van der Waals surface area contributed by atoms with Gasteiger partial charge in [0.25, 0.3) is 10.0 Å². The van der Waals surface area contributed by atoms with E-state index in [1.807, 2.05) is 18.2 Å². The molecule has 1 aromatic heterocycles. The molecule has 0 radical (unpaired) electrons. The molecule has 6 heteroatoms. The van der Waals surface area contributed by atoms with Crippen molar-refractivity contribution in [2.24, 2.45) is 5.92 Å². The molecule has 1 heterocycles. The normalized spacial score (nSPS) is 12.2. The third-order valence-corrected chi connectivity index (χ3v) is 5.12. The molecule has 5 nitrogen and oxygen atoms in total. The van der Waals surface area contributed by atoms with Crippen molar-refractivity contribution in [1.29, 1.82) is 0 Å². The van der Waals surface area contributed by atoms with E-state index in [-0.39, 0.29) is 10.3 Å². The third-order valence-electron chi connectivity index (χ3n) is 3.75. The largest absolute Gasteiger partial charge is 0.384 e. The summed E-state index contributed by atoms with van der Waals surface area (Å²) in [6.45, 7) is 11.4. The lowest BCUT2D eigenvalue weighted by Crippen LogP contribution is -2.15. The molecule has 0 saturated heterocycles. The number of rotatable bonds is 6. The van der Waals surface area contributed by atoms with Gasteiger partial charge in [0.2, 0.25) is 0 Å². The first-order valence-corrected chi connectivity index (χ1v) is 9.89. The summed E-state index contributed by atoms with van der Waals surface area (Å²) in [5.41, 5.74) is 1.94. The third kappa shape index (κ3) is 5.46. The Morgan fingerprint density at radius 1 is 1.04 bits per heavy atom. The van der Waals surface area contributed by atoms with Gasteiger partial charge in [0.1, 0.15) is 5.82 Å². The van der Waals surface area contributed by atoms with Crippen molar-refractivity contribution in [1.82, 2.24) is 4.98 Å². The first-order chi connectivity index (χ1) is 11.6. The molecule has 2 N–H and O–H groups in total. The predicted molar refractivity (Wildman–Crippen MR) is 104 cm³/mol. The Hall–Kier alpha value is -2.08. The smallest absolute Gasteiger partial charge is 0.263 e. The van der Waals surface area contributed by atoms with Gasteiger partial charge in [0.15, 0.2) is 0 Å². The minimum Gasteiger partial charge on any atom is -0.384 e. The summed E-state index contributed by atoms with van der Waals surface area (Å²) >= 11 is 0. The molecule has 0 atom stereocenters. The van der Waals surface area contributed by atoms with Crippen LogP contribution in [0.5, 0.6) is 0 Å². The quantitative estimate of drug-likeness (QED) is 0.807. The highest BCUT2D eigenvalue weighted by Crippen LogP contribution is 2.24. The van der Waals surface area contributed by atoms with E-state index in [1.165, 1.54) is 0 Å². The Kier molecular flexibility index (Phi) is 5.72. The molecule has 0 spiro atoms. The van der Waals surface area contributed by atoms with Crippen LogP contribution in [-0.4, -0.2) is 19.9 Å². The van der Waals surface area contributed by atoms with E-state index < -0.39 is 10.0 Å². The number of hydrogen-bond acceptors (Lipinski definition) is 4. The van der Waals surface area contributed by atoms with Gasteiger partial charge in [0, 0.05) is 6.54 Å². The van der Waals surface area contributed by atoms with E-state index in [1.54, 1.807) is 24.4 Å². The molecule has 0 aliphatic rings. The molecule has 0 fully saturated rings. The molecule has 0 amide bonds. The summed E-state index contributed by atoms with van der Waals surface area (Å²) in [6, 6.07) is 10.4. The van der Waals surface area contributed by atoms with Crippen LogP contribution in [-0.2, 0) is 15.4 Å². The van der Waals surface area contributed by atoms with Crippen molar-refractivity contribution in [3.05, 3.63) is 48.2 Å². The van der Waals surface area contributed by atoms with Gasteiger partial charge >= 0.3 is 0 Å². The van der Waals surface area contributed by atoms with Crippen LogP contribution in [0.15, 0.2) is 47.5 Å². The van der Waals surface area contributed by atoms with Crippen molar-refractivity contribution in [2.75, 3.05) is 16.6 Å². The minimum atomic E-state index is -3.65. The highest BCUT2D eigenvalue weighted by Gasteiger charge is 2.18. The van der Waals surface area contributed by atoms with Crippen molar-refractivity contribution >= 4 is 21.5 Å². The molecular formula is C19H27N3O2S. The second kappa shape index (κ2) is 7.44. The molecule has 0 aliphatic carbocycles. The van der Waals surface area contributed by atoms with Crippen molar-refractivity contribution in [3.63, 3.8) is 0 Å². The maximum atomic E-state index is 12.5. The first kappa shape index (κ1) is 19.2. The van der Waals surface area contributed by atoms with Gasteiger partial charge in [-0.1, -0.05) is 46.8 Å². The average Bonchev–Trinajstić information content (AvgIpc) is 2.53. The van der Waals surface area contributed by atoms with Crippen LogP contribution in [0, 0.1) is 5.92 Å². The lowest BCUT2D eigenvalue weighted by atomic mass is 9.87. The summed E-state index contributed by atoms with van der Waals surface area (Å²) in [6.07, 6.45) is 1.63. The second-order valence-electron chi connectivity index (χ2n) is 7.59. The Balaban J connectivity index is 2.10. The van der Waals surface area contributed by atoms with E-state index >= 15 is 0 Å². The zero-order valence-electron chi connectivity index (χ0n) is 15.5. The van der Waals surface area contributed by atoms with Gasteiger partial charge in [-0.25, -0.2) is 13.4 Å². The van der Waals surface area contributed by atoms with Crippen molar-refractivity contribution in [3.8, 4) is 0 Å². The Morgan fingerprint density at radius 2 is 1.68 bits per heavy atom. The van der Waals surface area contributed by atoms with Gasteiger partial charge in [-0.3, -0.25) is 4.72 Å². The Labute approximate surface area is 150 Å². The van der Waals surface area contributed by atoms with E-state index in [0.717, 1.165) is 17.8 Å². The van der Waals surface area contributed by atoms with Crippen LogP contribution < -0.4 is 10.0 Å². The number of nitrogens with one attached hydrogen (secondary N) is 2. The highest BCUT2D eigenvalue weighted by molar-refractivity contribution is 7.92. The maximum absolute atomic E-state index is 12.5. The second-order valence-corrected chi connectivity index (χ2v) is 9.27. The van der Waals surface area contributed by atoms with Crippen LogP contribution >= 0.6 is 0 Å². The molecule has 0 unspecified atom stereocenters. The summed E-state index contributed by atoms with van der Waals surface area (Å²) in [5.74, 6) is 0.823. The topological polar surface area (TPSA) is 71.1 Å². The predicted octanol–water partition coefficient (Wildman–Crippen LogP) is 4.25. The van der Waals surface area contributed by atoms with E-state index in [2.05, 4.69) is 49.6 Å². The molecular weight excluding hydrogens is 334 g/mol. The molecule has 2 aromatic rings. The Bertz CT molecular complexity index is 790. The fourth-order valence-corrected chi connectivity index (χ4v) is 3.22. The maximum Gasteiger partial charge on any atom is 0.263 e. The monoisotopic (exact) mass is 361 g/mol. The van der Waals surface area contributed by atoms with E-state index in [0.29, 0.717) is 11.7 Å². The lowest BCUT2D eigenvalue weighted by molar-refractivity contribution is 0.587. The number of aromatic nitrogens is 1. The summed E-state index contributed by atoms with van der Waals surface area (Å²) in [7, 11) is -3.65. The van der Waals surface area contributed by atoms with Crippen LogP contribution in [0.1, 0.15) is 40.2 Å². The van der Waals surface area contributed by atoms with Crippen molar-refractivity contribution in [2.45, 2.75) is 44.9 Å². The number of benzene rings is 1. The molecule has 0 aliphatic heterocycles. The molecule has 1 aromatic carbocycles. The Morgan fingerprint density at radius 3 is 2.16 bits per heavy atom. The number of anilines is 2. The van der Waals surface area contributed by atoms with Crippen LogP contribution in [0.2, 0.25) is 0 Å². The van der Waals surface area contributed by atoms with Crippen LogP contribution in [0.3, 0.4) is 0 Å². The fourth-order valence-electron chi connectivity index (χ4n) is 2.21. The molecule has 136 valence electrons.